The van der Waals surface area contributed by atoms with E-state index in [0.717, 1.165) is 0 Å². The normalized spacial score (nSPS) is 11.7. The van der Waals surface area contributed by atoms with Crippen molar-refractivity contribution in [3.63, 3.8) is 0 Å². The fraction of sp³-hybridized carbons (Fsp3) is 0.500. The molecule has 1 rings (SSSR count). The summed E-state index contributed by atoms with van der Waals surface area (Å²) in [5.41, 5.74) is 0.358. The molecule has 0 bridgehead atoms. The zero-order valence-corrected chi connectivity index (χ0v) is 11.4. The van der Waals surface area contributed by atoms with E-state index in [4.69, 9.17) is 4.74 Å². The highest BCUT2D eigenvalue weighted by Crippen LogP contribution is 2.21. The van der Waals surface area contributed by atoms with Crippen molar-refractivity contribution < 1.29 is 27.4 Å². The molecule has 0 radical (unpaired) electrons. The minimum Gasteiger partial charge on any atom is -0.490 e. The van der Waals surface area contributed by atoms with Gasteiger partial charge in [0.1, 0.15) is 12.4 Å². The molecule has 0 aromatic heterocycles. The van der Waals surface area contributed by atoms with Gasteiger partial charge in [-0.2, -0.15) is 13.2 Å². The van der Waals surface area contributed by atoms with Gasteiger partial charge in [0.05, 0.1) is 18.3 Å². The van der Waals surface area contributed by atoms with E-state index < -0.39 is 12.8 Å². The summed E-state index contributed by atoms with van der Waals surface area (Å²) < 4.78 is 45.6. The van der Waals surface area contributed by atoms with Crippen molar-refractivity contribution in [1.29, 1.82) is 0 Å². The van der Waals surface area contributed by atoms with Gasteiger partial charge in [-0.1, -0.05) is 12.1 Å². The third-order valence-electron chi connectivity index (χ3n) is 2.29. The molecule has 1 aromatic rings. The van der Waals surface area contributed by atoms with E-state index in [9.17, 15) is 18.0 Å². The average molecular weight is 290 g/mol. The number of halogens is 3. The van der Waals surface area contributed by atoms with Crippen LogP contribution in [0.15, 0.2) is 24.3 Å². The molecule has 0 saturated carbocycles. The first-order valence-electron chi connectivity index (χ1n) is 6.23. The molecular weight excluding hydrogens is 273 g/mol. The van der Waals surface area contributed by atoms with Gasteiger partial charge < -0.3 is 9.47 Å². The minimum atomic E-state index is -4.37. The van der Waals surface area contributed by atoms with Crippen molar-refractivity contribution >= 4 is 5.78 Å². The molecule has 0 aliphatic carbocycles. The predicted molar refractivity (Wildman–Crippen MR) is 68.0 cm³/mol. The Bertz CT molecular complexity index is 442. The van der Waals surface area contributed by atoms with Crippen LogP contribution in [-0.2, 0) is 4.74 Å². The topological polar surface area (TPSA) is 35.5 Å². The molecule has 6 heteroatoms. The SMILES string of the molecule is CC(C)Oc1ccccc1C(=O)CCOCC(F)(F)F. The van der Waals surface area contributed by atoms with Crippen molar-refractivity contribution in [2.75, 3.05) is 13.2 Å². The zero-order chi connectivity index (χ0) is 15.2. The molecule has 0 fully saturated rings. The number of hydrogen-bond donors (Lipinski definition) is 0. The third kappa shape index (κ3) is 6.06. The highest BCUT2D eigenvalue weighted by molar-refractivity contribution is 5.98. The maximum Gasteiger partial charge on any atom is 0.411 e. The number of ether oxygens (including phenoxy) is 2. The second kappa shape index (κ2) is 7.28. The van der Waals surface area contributed by atoms with Gasteiger partial charge in [0.15, 0.2) is 5.78 Å². The van der Waals surface area contributed by atoms with Gasteiger partial charge in [0.2, 0.25) is 0 Å². The van der Waals surface area contributed by atoms with Crippen molar-refractivity contribution in [2.24, 2.45) is 0 Å². The van der Waals surface area contributed by atoms with E-state index in [0.29, 0.717) is 11.3 Å². The lowest BCUT2D eigenvalue weighted by Gasteiger charge is -2.13. The fourth-order valence-corrected chi connectivity index (χ4v) is 1.54. The minimum absolute atomic E-state index is 0.0922. The molecule has 0 aliphatic heterocycles. The Labute approximate surface area is 115 Å². The summed E-state index contributed by atoms with van der Waals surface area (Å²) in [5, 5.41) is 0. The van der Waals surface area contributed by atoms with Crippen molar-refractivity contribution in [2.45, 2.75) is 32.5 Å². The molecule has 0 N–H and O–H groups in total. The molecule has 112 valence electrons. The number of hydrogen-bond acceptors (Lipinski definition) is 3. The quantitative estimate of drug-likeness (QED) is 0.568. The maximum absolute atomic E-state index is 11.9. The van der Waals surface area contributed by atoms with Crippen molar-refractivity contribution in [3.05, 3.63) is 29.8 Å². The Morgan fingerprint density at radius 2 is 1.90 bits per heavy atom. The number of carbonyl (C=O) groups excluding carboxylic acids is 1. The van der Waals surface area contributed by atoms with E-state index in [1.807, 2.05) is 13.8 Å². The first kappa shape index (κ1) is 16.5. The van der Waals surface area contributed by atoms with E-state index in [1.54, 1.807) is 24.3 Å². The van der Waals surface area contributed by atoms with E-state index in [-0.39, 0.29) is 24.9 Å². The highest BCUT2D eigenvalue weighted by atomic mass is 19.4. The Kier molecular flexibility index (Phi) is 6.01. The van der Waals surface area contributed by atoms with Gasteiger partial charge in [0.25, 0.3) is 0 Å². The lowest BCUT2D eigenvalue weighted by molar-refractivity contribution is -0.173. The van der Waals surface area contributed by atoms with E-state index in [1.165, 1.54) is 0 Å². The van der Waals surface area contributed by atoms with Crippen LogP contribution in [0, 0.1) is 0 Å². The highest BCUT2D eigenvalue weighted by Gasteiger charge is 2.27. The summed E-state index contributed by atoms with van der Waals surface area (Å²) in [5.74, 6) is 0.131. The summed E-state index contributed by atoms with van der Waals surface area (Å²) >= 11 is 0. The smallest absolute Gasteiger partial charge is 0.411 e. The standard InChI is InChI=1S/C14H17F3O3/c1-10(2)20-13-6-4-3-5-11(13)12(18)7-8-19-9-14(15,16)17/h3-6,10H,7-9H2,1-2H3. The van der Waals surface area contributed by atoms with Gasteiger partial charge in [-0.15, -0.1) is 0 Å². The van der Waals surface area contributed by atoms with Gasteiger partial charge in [0, 0.05) is 6.42 Å². The van der Waals surface area contributed by atoms with Crippen molar-refractivity contribution in [1.82, 2.24) is 0 Å². The van der Waals surface area contributed by atoms with Gasteiger partial charge in [-0.25, -0.2) is 0 Å². The molecule has 0 saturated heterocycles. The summed E-state index contributed by atoms with van der Waals surface area (Å²) in [6.45, 7) is 2.04. The number of rotatable bonds is 7. The molecule has 20 heavy (non-hydrogen) atoms. The largest absolute Gasteiger partial charge is 0.490 e. The van der Waals surface area contributed by atoms with Crippen LogP contribution in [0.5, 0.6) is 5.75 Å². The van der Waals surface area contributed by atoms with Crippen LogP contribution in [0.2, 0.25) is 0 Å². The number of benzene rings is 1. The molecular formula is C14H17F3O3. The molecule has 0 amide bonds. The van der Waals surface area contributed by atoms with Crippen LogP contribution in [-0.4, -0.2) is 31.3 Å². The van der Waals surface area contributed by atoms with Crippen LogP contribution < -0.4 is 4.74 Å². The molecule has 0 atom stereocenters. The summed E-state index contributed by atoms with van der Waals surface area (Å²) in [7, 11) is 0. The summed E-state index contributed by atoms with van der Waals surface area (Å²) in [4.78, 5) is 11.9. The Hall–Kier alpha value is -1.56. The Morgan fingerprint density at radius 3 is 2.50 bits per heavy atom. The third-order valence-corrected chi connectivity index (χ3v) is 2.29. The fourth-order valence-electron chi connectivity index (χ4n) is 1.54. The number of alkyl halides is 3. The predicted octanol–water partition coefficient (Wildman–Crippen LogP) is 3.63. The molecule has 1 aromatic carbocycles. The van der Waals surface area contributed by atoms with Gasteiger partial charge in [-0.05, 0) is 26.0 Å². The average Bonchev–Trinajstić information content (AvgIpc) is 2.33. The maximum atomic E-state index is 11.9. The monoisotopic (exact) mass is 290 g/mol. The molecule has 0 unspecified atom stereocenters. The molecule has 0 heterocycles. The lowest BCUT2D eigenvalue weighted by Crippen LogP contribution is -2.18. The second-order valence-electron chi connectivity index (χ2n) is 4.50. The van der Waals surface area contributed by atoms with Gasteiger partial charge in [-0.3, -0.25) is 4.79 Å². The number of carbonyl (C=O) groups is 1. The van der Waals surface area contributed by atoms with E-state index in [2.05, 4.69) is 4.74 Å². The van der Waals surface area contributed by atoms with Crippen molar-refractivity contribution in [3.8, 4) is 5.75 Å². The van der Waals surface area contributed by atoms with E-state index >= 15 is 0 Å². The van der Waals surface area contributed by atoms with Crippen LogP contribution in [0.25, 0.3) is 0 Å². The Morgan fingerprint density at radius 1 is 1.25 bits per heavy atom. The number of para-hydroxylation sites is 1. The summed E-state index contributed by atoms with van der Waals surface area (Å²) in [6, 6.07) is 6.65. The van der Waals surface area contributed by atoms with Gasteiger partial charge >= 0.3 is 6.18 Å². The number of Topliss-reactive ketones (excluding diaryl/α,β-unsaturated/α-hetero) is 1. The van der Waals surface area contributed by atoms with Crippen LogP contribution >= 0.6 is 0 Å². The number of ketones is 1. The Balaban J connectivity index is 2.55. The van der Waals surface area contributed by atoms with Crippen LogP contribution in [0.4, 0.5) is 13.2 Å². The zero-order valence-electron chi connectivity index (χ0n) is 11.4. The molecule has 0 aliphatic rings. The van der Waals surface area contributed by atoms with Crippen LogP contribution in [0.3, 0.4) is 0 Å². The molecule has 3 nitrogen and oxygen atoms in total. The first-order chi connectivity index (χ1) is 9.29. The first-order valence-corrected chi connectivity index (χ1v) is 6.23. The van der Waals surface area contributed by atoms with Crippen LogP contribution in [0.1, 0.15) is 30.6 Å². The summed E-state index contributed by atoms with van der Waals surface area (Å²) in [6.07, 6.45) is -4.58. The lowest BCUT2D eigenvalue weighted by atomic mass is 10.1. The molecule has 0 spiro atoms. The second-order valence-corrected chi connectivity index (χ2v) is 4.50.